The largest absolute Gasteiger partial charge is 0.494 e. The molecule has 0 spiro atoms. The van der Waals surface area contributed by atoms with Crippen molar-refractivity contribution in [1.29, 1.82) is 0 Å². The lowest BCUT2D eigenvalue weighted by Gasteiger charge is -2.43. The van der Waals surface area contributed by atoms with Crippen LogP contribution in [0.1, 0.15) is 66.3 Å². The van der Waals surface area contributed by atoms with Crippen molar-refractivity contribution >= 4 is 71.4 Å². The third kappa shape index (κ3) is 22.9. The monoisotopic (exact) mass is 1210 g/mol. The van der Waals surface area contributed by atoms with E-state index in [1.807, 2.05) is 12.1 Å². The second kappa shape index (κ2) is 31.7. The van der Waals surface area contributed by atoms with Crippen LogP contribution >= 0.6 is 0 Å². The quantitative estimate of drug-likeness (QED) is 0.0199. The van der Waals surface area contributed by atoms with Crippen molar-refractivity contribution in [1.82, 2.24) is 0 Å². The Morgan fingerprint density at radius 3 is 1.21 bits per heavy atom. The molecule has 430 valence electrons. The second-order valence-corrected chi connectivity index (χ2v) is 44.9. The van der Waals surface area contributed by atoms with Gasteiger partial charge in [-0.3, -0.25) is 0 Å². The first kappa shape index (κ1) is 62.9. The van der Waals surface area contributed by atoms with Crippen LogP contribution in [0.3, 0.4) is 0 Å². The van der Waals surface area contributed by atoms with Gasteiger partial charge in [0.15, 0.2) is 0 Å². The van der Waals surface area contributed by atoms with E-state index in [9.17, 15) is 0 Å². The topological polar surface area (TPSA) is 133 Å². The SMILES string of the molecule is C=CCOc1ccc(Cc2ccc(CCCCOCCC[Si]3(C)O[SiH](C)O[SiH](C)O[Si](C)(CCCOc4ccc(Cc5ccc(OCCC[Si]6(C)O[SiH](C)O[SiH](C)O[Si](C)(CCCOCC7CO7)O6)cc5)cc4)O3)cc2)cc1. The van der Waals surface area contributed by atoms with Gasteiger partial charge in [-0.2, -0.15) is 0 Å². The normalized spacial score (nSPS) is 27.5. The molecule has 0 aliphatic carbocycles. The number of rotatable bonds is 32. The van der Waals surface area contributed by atoms with Crippen molar-refractivity contribution in [3.8, 4) is 17.2 Å². The molecule has 7 rings (SSSR count). The maximum Gasteiger partial charge on any atom is 0.317 e. The van der Waals surface area contributed by atoms with Crippen molar-refractivity contribution in [3.05, 3.63) is 138 Å². The van der Waals surface area contributed by atoms with Gasteiger partial charge in [0.05, 0.1) is 26.4 Å². The molecular formula is C56H90O14Si8. The molecule has 22 heteroatoms. The molecular weight excluding hydrogens is 1120 g/mol. The second-order valence-electron chi connectivity index (χ2n) is 21.7. The standard InChI is InChI=1S/C56H90O14Si8/c1-10-34-59-53-28-22-50(23-29-53)44-49-20-18-48(19-21-49)17-11-12-35-57-36-13-40-75(6)65-71(2)63-73(4)67-77(8,69-75)42-15-38-60-54-30-24-51(25-31-54)45-52-26-32-55(33-27-52)61-39-16-43-78(9)68-74(5)64-72(3)66-76(7,70-78)41-14-37-58-46-56-47-62-56/h10,18-33,56,71-74H,1,11-17,34-47H2,2-9H3. The summed E-state index contributed by atoms with van der Waals surface area (Å²) in [5.74, 6) is 2.59. The van der Waals surface area contributed by atoms with Crippen molar-refractivity contribution in [2.45, 2.75) is 140 Å². The van der Waals surface area contributed by atoms with Crippen LogP contribution in [0.25, 0.3) is 0 Å². The number of unbranched alkanes of at least 4 members (excludes halogenated alkanes) is 1. The van der Waals surface area contributed by atoms with E-state index in [4.69, 9.17) is 61.3 Å². The number of ether oxygens (including phenoxy) is 6. The molecule has 4 aromatic carbocycles. The predicted octanol–water partition coefficient (Wildman–Crippen LogP) is 11.1. The van der Waals surface area contributed by atoms with Gasteiger partial charge in [-0.25, -0.2) is 0 Å². The maximum absolute atomic E-state index is 7.06. The van der Waals surface area contributed by atoms with Crippen molar-refractivity contribution in [2.75, 3.05) is 52.9 Å². The molecule has 3 fully saturated rings. The number of aryl methyl sites for hydroxylation is 1. The summed E-state index contributed by atoms with van der Waals surface area (Å²) in [5.41, 5.74) is 6.38. The van der Waals surface area contributed by atoms with Crippen molar-refractivity contribution in [2.24, 2.45) is 0 Å². The smallest absolute Gasteiger partial charge is 0.317 e. The summed E-state index contributed by atoms with van der Waals surface area (Å²) in [5, 5.41) is 0. The summed E-state index contributed by atoms with van der Waals surface area (Å²) in [4.78, 5) is 0. The Labute approximate surface area is 478 Å². The summed E-state index contributed by atoms with van der Waals surface area (Å²) >= 11 is 0. The van der Waals surface area contributed by atoms with Gasteiger partial charge in [0.25, 0.3) is 37.1 Å². The lowest BCUT2D eigenvalue weighted by atomic mass is 10.0. The van der Waals surface area contributed by atoms with Gasteiger partial charge >= 0.3 is 34.2 Å². The summed E-state index contributed by atoms with van der Waals surface area (Å²) < 4.78 is 88.7. The minimum Gasteiger partial charge on any atom is -0.494 e. The molecule has 0 radical (unpaired) electrons. The minimum atomic E-state index is -2.59. The van der Waals surface area contributed by atoms with Crippen LogP contribution in [0, 0.1) is 0 Å². The molecule has 9 atom stereocenters. The molecule has 0 bridgehead atoms. The summed E-state index contributed by atoms with van der Waals surface area (Å²) in [7, 11) is -17.6. The first-order valence-corrected chi connectivity index (χ1v) is 47.1. The molecule has 3 aliphatic heterocycles. The van der Waals surface area contributed by atoms with Crippen LogP contribution in [0.5, 0.6) is 17.2 Å². The highest BCUT2D eigenvalue weighted by Gasteiger charge is 2.48. The number of benzene rings is 4. The molecule has 3 saturated heterocycles. The molecule has 3 heterocycles. The van der Waals surface area contributed by atoms with Crippen LogP contribution in [-0.4, -0.2) is 130 Å². The van der Waals surface area contributed by atoms with Gasteiger partial charge in [-0.05, 0) is 199 Å². The van der Waals surface area contributed by atoms with Crippen LogP contribution in [0.15, 0.2) is 110 Å². The maximum atomic E-state index is 7.06. The van der Waals surface area contributed by atoms with E-state index in [0.29, 0.717) is 39.6 Å². The molecule has 78 heavy (non-hydrogen) atoms. The first-order valence-electron chi connectivity index (χ1n) is 28.6. The van der Waals surface area contributed by atoms with Gasteiger partial charge in [0.2, 0.25) is 0 Å². The lowest BCUT2D eigenvalue weighted by molar-refractivity contribution is 0.115. The Bertz CT molecular complexity index is 2360. The van der Waals surface area contributed by atoms with E-state index >= 15 is 0 Å². The highest BCUT2D eigenvalue weighted by atomic mass is 28.5. The summed E-state index contributed by atoms with van der Waals surface area (Å²) in [6.45, 7) is 26.1. The average molecular weight is 1210 g/mol. The van der Waals surface area contributed by atoms with Crippen LogP contribution in [-0.2, 0) is 66.4 Å². The molecule has 0 saturated carbocycles. The van der Waals surface area contributed by atoms with Crippen LogP contribution < -0.4 is 14.2 Å². The van der Waals surface area contributed by atoms with Gasteiger partial charge in [-0.15, -0.1) is 0 Å². The minimum absolute atomic E-state index is 0.275. The fraction of sp³-hybridized carbons (Fsp3) is 0.536. The van der Waals surface area contributed by atoms with Gasteiger partial charge in [0.1, 0.15) is 30.0 Å². The Kier molecular flexibility index (Phi) is 25.5. The lowest BCUT2D eigenvalue weighted by Crippen LogP contribution is -2.59. The van der Waals surface area contributed by atoms with Gasteiger partial charge in [0, 0.05) is 19.8 Å². The van der Waals surface area contributed by atoms with E-state index in [0.717, 1.165) is 112 Å². The van der Waals surface area contributed by atoms with E-state index in [1.165, 1.54) is 27.8 Å². The van der Waals surface area contributed by atoms with Crippen LogP contribution in [0.2, 0.25) is 76.6 Å². The average Bonchev–Trinajstić information content (AvgIpc) is 4.26. The molecule has 3 aliphatic rings. The van der Waals surface area contributed by atoms with E-state index < -0.39 is 71.4 Å². The van der Waals surface area contributed by atoms with Crippen molar-refractivity contribution < 1.29 is 61.3 Å². The third-order valence-electron chi connectivity index (χ3n) is 13.9. The third-order valence-corrected chi connectivity index (χ3v) is 45.3. The highest BCUT2D eigenvalue weighted by Crippen LogP contribution is 2.32. The number of hydrogen-bond donors (Lipinski definition) is 0. The Morgan fingerprint density at radius 1 is 0.462 bits per heavy atom. The summed E-state index contributed by atoms with van der Waals surface area (Å²) in [6, 6.07) is 37.5. The first-order chi connectivity index (χ1) is 37.5. The molecule has 0 aromatic heterocycles. The van der Waals surface area contributed by atoms with Crippen LogP contribution in [0.4, 0.5) is 0 Å². The highest BCUT2D eigenvalue weighted by molar-refractivity contribution is 6.87. The molecule has 0 N–H and O–H groups in total. The Morgan fingerprint density at radius 2 is 0.808 bits per heavy atom. The fourth-order valence-corrected chi connectivity index (χ4v) is 45.2. The molecule has 0 amide bonds. The Hall–Kier alpha value is -2.68. The van der Waals surface area contributed by atoms with Gasteiger partial charge in [-0.1, -0.05) is 73.3 Å². The molecule has 14 nitrogen and oxygen atoms in total. The van der Waals surface area contributed by atoms with Gasteiger partial charge < -0.3 is 61.3 Å². The number of epoxide rings is 1. The molecule has 9 unspecified atom stereocenters. The Balaban J connectivity index is 0.761. The zero-order valence-electron chi connectivity index (χ0n) is 48.0. The fourth-order valence-electron chi connectivity index (χ4n) is 10.2. The van der Waals surface area contributed by atoms with E-state index in [2.05, 4.69) is 144 Å². The zero-order valence-corrected chi connectivity index (χ0v) is 56.6. The summed E-state index contributed by atoms with van der Waals surface area (Å²) in [6.07, 6.45) is 10.4. The number of hydrogen-bond acceptors (Lipinski definition) is 14. The van der Waals surface area contributed by atoms with E-state index in [1.54, 1.807) is 6.08 Å². The predicted molar refractivity (Wildman–Crippen MR) is 327 cm³/mol. The van der Waals surface area contributed by atoms with E-state index in [-0.39, 0.29) is 6.10 Å². The molecule has 4 aromatic rings. The zero-order chi connectivity index (χ0) is 55.3. The van der Waals surface area contributed by atoms with Crippen molar-refractivity contribution in [3.63, 3.8) is 0 Å².